The van der Waals surface area contributed by atoms with Crippen LogP contribution in [0.15, 0.2) is 36.4 Å². The standard InChI is InChI=1S/C30H41FO8/c1-6-37-28(34)18-24(33)17-23(32)11-12-25-26(20(2)3)19-27(38-15-13-35-4)30(39-16-14-36-5)29(25)21-7-9-22(31)10-8-21/h7-12,19-20,23-24,32-33H,6,13-18H2,1-5H3/b12-11+. The van der Waals surface area contributed by atoms with Crippen LogP contribution in [0.25, 0.3) is 17.2 Å². The number of methoxy groups -OCH3 is 2. The summed E-state index contributed by atoms with van der Waals surface area (Å²) in [6.07, 6.45) is 0.973. The van der Waals surface area contributed by atoms with Crippen molar-refractivity contribution < 1.29 is 43.1 Å². The summed E-state index contributed by atoms with van der Waals surface area (Å²) in [6, 6.07) is 7.96. The van der Waals surface area contributed by atoms with Crippen LogP contribution in [0.3, 0.4) is 0 Å². The van der Waals surface area contributed by atoms with Crippen molar-refractivity contribution >= 4 is 12.0 Å². The molecule has 2 aromatic carbocycles. The highest BCUT2D eigenvalue weighted by atomic mass is 19.1. The van der Waals surface area contributed by atoms with Gasteiger partial charge in [-0.15, -0.1) is 0 Å². The van der Waals surface area contributed by atoms with Crippen molar-refractivity contribution in [1.29, 1.82) is 0 Å². The molecule has 2 aromatic rings. The summed E-state index contributed by atoms with van der Waals surface area (Å²) >= 11 is 0. The van der Waals surface area contributed by atoms with Gasteiger partial charge in [0.25, 0.3) is 0 Å². The van der Waals surface area contributed by atoms with Crippen molar-refractivity contribution in [2.45, 2.75) is 51.7 Å². The fourth-order valence-corrected chi connectivity index (χ4v) is 4.01. The van der Waals surface area contributed by atoms with Gasteiger partial charge in [-0.1, -0.05) is 38.1 Å². The second-order valence-electron chi connectivity index (χ2n) is 9.25. The molecule has 0 aliphatic carbocycles. The van der Waals surface area contributed by atoms with Crippen LogP contribution in [0.2, 0.25) is 0 Å². The Bertz CT molecular complexity index is 1050. The second-order valence-corrected chi connectivity index (χ2v) is 9.25. The molecule has 0 heterocycles. The molecule has 0 aliphatic heterocycles. The minimum absolute atomic E-state index is 0.0480. The van der Waals surface area contributed by atoms with E-state index in [-0.39, 0.29) is 37.8 Å². The number of rotatable bonds is 17. The molecular weight excluding hydrogens is 507 g/mol. The molecule has 2 N–H and O–H groups in total. The third kappa shape index (κ3) is 10.3. The topological polar surface area (TPSA) is 104 Å². The van der Waals surface area contributed by atoms with E-state index in [1.165, 1.54) is 12.1 Å². The first kappa shape index (κ1) is 32.2. The predicted molar refractivity (Wildman–Crippen MR) is 148 cm³/mol. The first-order valence-electron chi connectivity index (χ1n) is 13.1. The highest BCUT2D eigenvalue weighted by Gasteiger charge is 2.23. The van der Waals surface area contributed by atoms with Gasteiger partial charge in [-0.3, -0.25) is 4.79 Å². The summed E-state index contributed by atoms with van der Waals surface area (Å²) in [7, 11) is 3.17. The van der Waals surface area contributed by atoms with E-state index in [0.29, 0.717) is 42.4 Å². The van der Waals surface area contributed by atoms with Gasteiger partial charge < -0.3 is 33.9 Å². The molecule has 39 heavy (non-hydrogen) atoms. The normalized spacial score (nSPS) is 13.1. The Balaban J connectivity index is 2.60. The Morgan fingerprint density at radius 2 is 1.64 bits per heavy atom. The number of hydrogen-bond acceptors (Lipinski definition) is 8. The lowest BCUT2D eigenvalue weighted by atomic mass is 9.88. The lowest BCUT2D eigenvalue weighted by Crippen LogP contribution is -2.20. The molecule has 0 aromatic heterocycles. The number of esters is 1. The molecular formula is C30H41FO8. The van der Waals surface area contributed by atoms with Crippen LogP contribution < -0.4 is 9.47 Å². The zero-order valence-corrected chi connectivity index (χ0v) is 23.4. The van der Waals surface area contributed by atoms with Crippen LogP contribution in [-0.2, 0) is 19.0 Å². The van der Waals surface area contributed by atoms with E-state index in [9.17, 15) is 19.4 Å². The molecule has 0 radical (unpaired) electrons. The highest BCUT2D eigenvalue weighted by Crippen LogP contribution is 2.45. The molecule has 0 aliphatic rings. The Morgan fingerprint density at radius 1 is 1.00 bits per heavy atom. The number of carbonyl (C=O) groups is 1. The third-order valence-electron chi connectivity index (χ3n) is 5.86. The molecule has 9 heteroatoms. The average Bonchev–Trinajstić information content (AvgIpc) is 2.88. The molecule has 2 rings (SSSR count). The van der Waals surface area contributed by atoms with Crippen molar-refractivity contribution in [2.24, 2.45) is 0 Å². The second kappa shape index (κ2) is 16.9. The highest BCUT2D eigenvalue weighted by molar-refractivity contribution is 5.85. The van der Waals surface area contributed by atoms with Crippen LogP contribution in [0.4, 0.5) is 4.39 Å². The van der Waals surface area contributed by atoms with Gasteiger partial charge >= 0.3 is 5.97 Å². The number of halogens is 1. The molecule has 8 nitrogen and oxygen atoms in total. The van der Waals surface area contributed by atoms with Crippen LogP contribution in [0, 0.1) is 5.82 Å². The van der Waals surface area contributed by atoms with E-state index in [0.717, 1.165) is 11.1 Å². The Hall–Kier alpha value is -2.98. The maximum atomic E-state index is 13.9. The van der Waals surface area contributed by atoms with Gasteiger partial charge in [-0.2, -0.15) is 0 Å². The molecule has 2 unspecified atom stereocenters. The van der Waals surface area contributed by atoms with Gasteiger partial charge in [-0.25, -0.2) is 4.39 Å². The maximum absolute atomic E-state index is 13.9. The van der Waals surface area contributed by atoms with Crippen LogP contribution in [0.5, 0.6) is 11.5 Å². The van der Waals surface area contributed by atoms with Gasteiger partial charge in [0.15, 0.2) is 11.5 Å². The van der Waals surface area contributed by atoms with Crippen molar-refractivity contribution in [3.05, 3.63) is 53.4 Å². The molecule has 0 saturated carbocycles. The van der Waals surface area contributed by atoms with Gasteiger partial charge in [0.2, 0.25) is 0 Å². The monoisotopic (exact) mass is 548 g/mol. The average molecular weight is 549 g/mol. The van der Waals surface area contributed by atoms with Gasteiger partial charge in [0, 0.05) is 26.2 Å². The molecule has 2 atom stereocenters. The van der Waals surface area contributed by atoms with Crippen LogP contribution in [-0.4, -0.2) is 75.6 Å². The maximum Gasteiger partial charge on any atom is 0.308 e. The van der Waals surface area contributed by atoms with Gasteiger partial charge in [0.05, 0.1) is 38.4 Å². The number of aliphatic hydroxyl groups is 2. The van der Waals surface area contributed by atoms with Gasteiger partial charge in [-0.05, 0) is 47.7 Å². The van der Waals surface area contributed by atoms with E-state index in [4.69, 9.17) is 23.7 Å². The summed E-state index contributed by atoms with van der Waals surface area (Å²) in [6.45, 7) is 7.24. The summed E-state index contributed by atoms with van der Waals surface area (Å²) in [5.41, 5.74) is 3.03. The first-order chi connectivity index (χ1) is 18.7. The number of benzene rings is 2. The van der Waals surface area contributed by atoms with E-state index in [1.54, 1.807) is 45.4 Å². The number of ether oxygens (including phenoxy) is 5. The first-order valence-corrected chi connectivity index (χ1v) is 13.1. The molecule has 0 fully saturated rings. The van der Waals surface area contributed by atoms with Crippen LogP contribution in [0.1, 0.15) is 50.7 Å². The zero-order valence-electron chi connectivity index (χ0n) is 23.4. The number of aliphatic hydroxyl groups excluding tert-OH is 2. The molecule has 216 valence electrons. The SMILES string of the molecule is CCOC(=O)CC(O)CC(O)/C=C/c1c(C(C)C)cc(OCCOC)c(OCCOC)c1-c1ccc(F)cc1. The lowest BCUT2D eigenvalue weighted by Gasteiger charge is -2.23. The minimum atomic E-state index is -1.06. The summed E-state index contributed by atoms with van der Waals surface area (Å²) in [5, 5.41) is 20.9. The van der Waals surface area contributed by atoms with Crippen molar-refractivity contribution in [3.63, 3.8) is 0 Å². The van der Waals surface area contributed by atoms with Crippen molar-refractivity contribution in [2.75, 3.05) is 47.3 Å². The Morgan fingerprint density at radius 3 is 2.23 bits per heavy atom. The quantitative estimate of drug-likeness (QED) is 0.216. The van der Waals surface area contributed by atoms with E-state index in [2.05, 4.69) is 0 Å². The fourth-order valence-electron chi connectivity index (χ4n) is 4.01. The van der Waals surface area contributed by atoms with E-state index < -0.39 is 18.2 Å². The predicted octanol–water partition coefficient (Wildman–Crippen LogP) is 4.74. The van der Waals surface area contributed by atoms with E-state index in [1.807, 2.05) is 19.9 Å². The third-order valence-corrected chi connectivity index (χ3v) is 5.86. The van der Waals surface area contributed by atoms with Gasteiger partial charge in [0.1, 0.15) is 19.0 Å². The molecule has 0 spiro atoms. The number of hydrogen-bond donors (Lipinski definition) is 2. The smallest absolute Gasteiger partial charge is 0.308 e. The minimum Gasteiger partial charge on any atom is -0.487 e. The van der Waals surface area contributed by atoms with E-state index >= 15 is 0 Å². The number of carbonyl (C=O) groups excluding carboxylic acids is 1. The Labute approximate surface area is 230 Å². The summed E-state index contributed by atoms with van der Waals surface area (Å²) < 4.78 is 41.3. The van der Waals surface area contributed by atoms with Crippen molar-refractivity contribution in [3.8, 4) is 22.6 Å². The molecule has 0 amide bonds. The lowest BCUT2D eigenvalue weighted by molar-refractivity contribution is -0.145. The molecule has 0 saturated heterocycles. The van der Waals surface area contributed by atoms with Crippen molar-refractivity contribution in [1.82, 2.24) is 0 Å². The molecule has 0 bridgehead atoms. The summed E-state index contributed by atoms with van der Waals surface area (Å²) in [4.78, 5) is 11.7. The van der Waals surface area contributed by atoms with Crippen LogP contribution >= 0.6 is 0 Å². The largest absolute Gasteiger partial charge is 0.487 e. The summed E-state index contributed by atoms with van der Waals surface area (Å²) in [5.74, 6) is 0.113. The zero-order chi connectivity index (χ0) is 28.8. The Kier molecular flexibility index (Phi) is 13.9. The fraction of sp³-hybridized carbons (Fsp3) is 0.500.